The number of hydrogen-bond donors (Lipinski definition) is 0. The molecule has 0 nitrogen and oxygen atoms in total. The van der Waals surface area contributed by atoms with Crippen LogP contribution in [0.1, 0.15) is 44.6 Å². The van der Waals surface area contributed by atoms with E-state index in [-0.39, 0.29) is 0 Å². The Labute approximate surface area is 115 Å². The minimum absolute atomic E-state index is 0.948. The van der Waals surface area contributed by atoms with Gasteiger partial charge in [0, 0.05) is 5.39 Å². The van der Waals surface area contributed by atoms with Gasteiger partial charge in [0.15, 0.2) is 0 Å². The van der Waals surface area contributed by atoms with Crippen LogP contribution in [0, 0.1) is 0 Å². The van der Waals surface area contributed by atoms with Gasteiger partial charge in [-0.25, -0.2) is 0 Å². The molecule has 0 fully saturated rings. The molecule has 2 aromatic rings. The normalized spacial score (nSPS) is 11.0. The van der Waals surface area contributed by atoms with Crippen molar-refractivity contribution in [2.45, 2.75) is 45.4 Å². The van der Waals surface area contributed by atoms with Crippen LogP contribution in [0.2, 0.25) is 5.02 Å². The van der Waals surface area contributed by atoms with Gasteiger partial charge in [0.25, 0.3) is 0 Å². The number of benzene rings is 2. The monoisotopic (exact) mass is 260 g/mol. The molecule has 2 rings (SSSR count). The zero-order valence-electron chi connectivity index (χ0n) is 11.1. The van der Waals surface area contributed by atoms with Crippen molar-refractivity contribution in [3.8, 4) is 0 Å². The summed E-state index contributed by atoms with van der Waals surface area (Å²) in [4.78, 5) is 0. The number of unbranched alkanes of at least 4 members (excludes halogenated alkanes) is 4. The topological polar surface area (TPSA) is 0 Å². The molecule has 0 heterocycles. The molecule has 0 bridgehead atoms. The third kappa shape index (κ3) is 3.26. The summed E-state index contributed by atoms with van der Waals surface area (Å²) in [7, 11) is 0. The summed E-state index contributed by atoms with van der Waals surface area (Å²) in [5.41, 5.74) is 1.30. The molecule has 0 unspecified atom stereocenters. The van der Waals surface area contributed by atoms with Crippen molar-refractivity contribution >= 4 is 22.4 Å². The van der Waals surface area contributed by atoms with Crippen molar-refractivity contribution in [1.29, 1.82) is 0 Å². The highest BCUT2D eigenvalue weighted by Gasteiger charge is 2.04. The molecular weight excluding hydrogens is 240 g/mol. The van der Waals surface area contributed by atoms with E-state index in [0.29, 0.717) is 0 Å². The first-order valence-corrected chi connectivity index (χ1v) is 7.37. The van der Waals surface area contributed by atoms with E-state index in [4.69, 9.17) is 11.6 Å². The largest absolute Gasteiger partial charge is 0.0834 e. The molecule has 0 aromatic heterocycles. The van der Waals surface area contributed by atoms with E-state index in [1.165, 1.54) is 48.4 Å². The second kappa shape index (κ2) is 6.80. The van der Waals surface area contributed by atoms with Crippen LogP contribution in [0.5, 0.6) is 0 Å². The Morgan fingerprint density at radius 2 is 1.67 bits per heavy atom. The molecule has 0 spiro atoms. The molecule has 0 aliphatic heterocycles. The van der Waals surface area contributed by atoms with Gasteiger partial charge >= 0.3 is 0 Å². The molecule has 96 valence electrons. The maximum Gasteiger partial charge on any atom is 0.0516 e. The van der Waals surface area contributed by atoms with E-state index < -0.39 is 0 Å². The number of fused-ring (bicyclic) bond motifs is 1. The van der Waals surface area contributed by atoms with E-state index in [9.17, 15) is 0 Å². The summed E-state index contributed by atoms with van der Waals surface area (Å²) in [6, 6.07) is 12.7. The summed E-state index contributed by atoms with van der Waals surface area (Å²) >= 11 is 6.48. The summed E-state index contributed by atoms with van der Waals surface area (Å²) < 4.78 is 0. The number of hydrogen-bond acceptors (Lipinski definition) is 0. The molecule has 18 heavy (non-hydrogen) atoms. The molecule has 0 saturated carbocycles. The Bertz CT molecular complexity index is 502. The van der Waals surface area contributed by atoms with Crippen molar-refractivity contribution in [3.63, 3.8) is 0 Å². The molecule has 0 saturated heterocycles. The van der Waals surface area contributed by atoms with E-state index in [1.807, 2.05) is 0 Å². The smallest absolute Gasteiger partial charge is 0.0516 e. The van der Waals surface area contributed by atoms with E-state index in [0.717, 1.165) is 11.4 Å². The van der Waals surface area contributed by atoms with Crippen LogP contribution in [0.15, 0.2) is 36.4 Å². The van der Waals surface area contributed by atoms with Crippen LogP contribution < -0.4 is 0 Å². The van der Waals surface area contributed by atoms with Gasteiger partial charge in [0.05, 0.1) is 5.02 Å². The van der Waals surface area contributed by atoms with Gasteiger partial charge in [-0.2, -0.15) is 0 Å². The van der Waals surface area contributed by atoms with Crippen LogP contribution >= 0.6 is 11.6 Å². The highest BCUT2D eigenvalue weighted by Crippen LogP contribution is 2.28. The van der Waals surface area contributed by atoms with Gasteiger partial charge in [-0.1, -0.05) is 80.6 Å². The van der Waals surface area contributed by atoms with Crippen molar-refractivity contribution < 1.29 is 0 Å². The zero-order valence-corrected chi connectivity index (χ0v) is 11.8. The maximum absolute atomic E-state index is 6.48. The van der Waals surface area contributed by atoms with Gasteiger partial charge < -0.3 is 0 Å². The summed E-state index contributed by atoms with van der Waals surface area (Å²) in [6.07, 6.45) is 7.67. The average molecular weight is 261 g/mol. The lowest BCUT2D eigenvalue weighted by atomic mass is 10.0. The Morgan fingerprint density at radius 1 is 0.889 bits per heavy atom. The number of aryl methyl sites for hydroxylation is 1. The Balaban J connectivity index is 2.03. The number of rotatable bonds is 6. The lowest BCUT2D eigenvalue weighted by Gasteiger charge is -2.07. The summed E-state index contributed by atoms with van der Waals surface area (Å²) in [6.45, 7) is 2.25. The Kier molecular flexibility index (Phi) is 5.07. The Hall–Kier alpha value is -1.01. The van der Waals surface area contributed by atoms with Gasteiger partial charge in [-0.15, -0.1) is 0 Å². The SMILES string of the molecule is CCCCCCCc1ccc2ccccc2c1Cl. The fourth-order valence-electron chi connectivity index (χ4n) is 2.39. The maximum atomic E-state index is 6.48. The predicted molar refractivity (Wildman–Crippen MR) is 81.4 cm³/mol. The molecule has 0 radical (unpaired) electrons. The third-order valence-corrected chi connectivity index (χ3v) is 3.94. The van der Waals surface area contributed by atoms with Gasteiger partial charge in [-0.3, -0.25) is 0 Å². The molecule has 0 amide bonds. The fraction of sp³-hybridized carbons (Fsp3) is 0.412. The van der Waals surface area contributed by atoms with Crippen LogP contribution in [-0.4, -0.2) is 0 Å². The second-order valence-electron chi connectivity index (χ2n) is 4.92. The number of halogens is 1. The average Bonchev–Trinajstić information content (AvgIpc) is 2.41. The van der Waals surface area contributed by atoms with E-state index in [1.54, 1.807) is 0 Å². The molecule has 1 heteroatoms. The second-order valence-corrected chi connectivity index (χ2v) is 5.30. The molecule has 2 aromatic carbocycles. The van der Waals surface area contributed by atoms with E-state index >= 15 is 0 Å². The van der Waals surface area contributed by atoms with Gasteiger partial charge in [0.1, 0.15) is 0 Å². The summed E-state index contributed by atoms with van der Waals surface area (Å²) in [5, 5.41) is 3.37. The first-order chi connectivity index (χ1) is 8.83. The molecule has 0 N–H and O–H groups in total. The highest BCUT2D eigenvalue weighted by atomic mass is 35.5. The molecule has 0 aliphatic rings. The lowest BCUT2D eigenvalue weighted by Crippen LogP contribution is -1.89. The van der Waals surface area contributed by atoms with Gasteiger partial charge in [-0.05, 0) is 23.8 Å². The zero-order chi connectivity index (χ0) is 12.8. The van der Waals surface area contributed by atoms with Gasteiger partial charge in [0.2, 0.25) is 0 Å². The molecule has 0 aliphatic carbocycles. The molecular formula is C17H21Cl. The first-order valence-electron chi connectivity index (χ1n) is 6.99. The minimum atomic E-state index is 0.948. The van der Waals surface area contributed by atoms with Crippen molar-refractivity contribution in [2.75, 3.05) is 0 Å². The van der Waals surface area contributed by atoms with Crippen molar-refractivity contribution in [2.24, 2.45) is 0 Å². The molecule has 0 atom stereocenters. The van der Waals surface area contributed by atoms with Crippen LogP contribution in [0.25, 0.3) is 10.8 Å². The van der Waals surface area contributed by atoms with Crippen LogP contribution in [0.3, 0.4) is 0 Å². The fourth-order valence-corrected chi connectivity index (χ4v) is 2.72. The minimum Gasteiger partial charge on any atom is -0.0834 e. The van der Waals surface area contributed by atoms with Crippen LogP contribution in [-0.2, 0) is 6.42 Å². The first kappa shape index (κ1) is 13.4. The van der Waals surface area contributed by atoms with Crippen LogP contribution in [0.4, 0.5) is 0 Å². The standard InChI is InChI=1S/C17H21Cl/c1-2-3-4-5-6-10-15-13-12-14-9-7-8-11-16(14)17(15)18/h7-9,11-13H,2-6,10H2,1H3. The lowest BCUT2D eigenvalue weighted by molar-refractivity contribution is 0.632. The summed E-state index contributed by atoms with van der Waals surface area (Å²) in [5.74, 6) is 0. The Morgan fingerprint density at radius 3 is 2.50 bits per heavy atom. The highest BCUT2D eigenvalue weighted by molar-refractivity contribution is 6.36. The van der Waals surface area contributed by atoms with Crippen molar-refractivity contribution in [3.05, 3.63) is 47.0 Å². The quantitative estimate of drug-likeness (QED) is 0.558. The van der Waals surface area contributed by atoms with Crippen molar-refractivity contribution in [1.82, 2.24) is 0 Å². The van der Waals surface area contributed by atoms with E-state index in [2.05, 4.69) is 43.3 Å². The predicted octanol–water partition coefficient (Wildman–Crippen LogP) is 6.01. The third-order valence-electron chi connectivity index (χ3n) is 3.49.